The second-order valence-corrected chi connectivity index (χ2v) is 6.09. The molecule has 1 aliphatic rings. The summed E-state index contributed by atoms with van der Waals surface area (Å²) in [5.74, 6) is 0.791. The Morgan fingerprint density at radius 1 is 1.47 bits per heavy atom. The molecule has 19 heavy (non-hydrogen) atoms. The molecule has 0 saturated carbocycles. The SMILES string of the molecule is CN(C)CC1CCN(C(=O)c2cccnc2Br)CC1. The highest BCUT2D eigenvalue weighted by Gasteiger charge is 2.25. The minimum Gasteiger partial charge on any atom is -0.339 e. The van der Waals surface area contributed by atoms with Crippen LogP contribution in [0, 0.1) is 5.92 Å². The van der Waals surface area contributed by atoms with Gasteiger partial charge in [-0.1, -0.05) is 0 Å². The molecule has 0 aromatic carbocycles. The van der Waals surface area contributed by atoms with Crippen LogP contribution < -0.4 is 0 Å². The van der Waals surface area contributed by atoms with Gasteiger partial charge in [-0.15, -0.1) is 0 Å². The van der Waals surface area contributed by atoms with Crippen LogP contribution in [-0.4, -0.2) is 54.4 Å². The lowest BCUT2D eigenvalue weighted by Crippen LogP contribution is -2.40. The minimum atomic E-state index is 0.0864. The summed E-state index contributed by atoms with van der Waals surface area (Å²) in [4.78, 5) is 20.7. The smallest absolute Gasteiger partial charge is 0.256 e. The second kappa shape index (κ2) is 6.48. The molecule has 1 aromatic heterocycles. The van der Waals surface area contributed by atoms with Crippen molar-refractivity contribution in [1.82, 2.24) is 14.8 Å². The summed E-state index contributed by atoms with van der Waals surface area (Å²) in [5, 5.41) is 0. The van der Waals surface area contributed by atoms with Crippen LogP contribution in [0.5, 0.6) is 0 Å². The van der Waals surface area contributed by atoms with Gasteiger partial charge in [-0.2, -0.15) is 0 Å². The Hall–Kier alpha value is -0.940. The summed E-state index contributed by atoms with van der Waals surface area (Å²) in [5.41, 5.74) is 0.661. The van der Waals surface area contributed by atoms with Gasteiger partial charge in [0.25, 0.3) is 5.91 Å². The molecule has 0 aliphatic carbocycles. The minimum absolute atomic E-state index is 0.0864. The largest absolute Gasteiger partial charge is 0.339 e. The van der Waals surface area contributed by atoms with E-state index in [0.29, 0.717) is 16.1 Å². The zero-order valence-electron chi connectivity index (χ0n) is 11.5. The fourth-order valence-corrected chi connectivity index (χ4v) is 2.97. The van der Waals surface area contributed by atoms with Crippen LogP contribution >= 0.6 is 15.9 Å². The summed E-state index contributed by atoms with van der Waals surface area (Å²) in [6.45, 7) is 2.80. The average Bonchev–Trinajstić information content (AvgIpc) is 2.39. The molecule has 1 saturated heterocycles. The van der Waals surface area contributed by atoms with E-state index in [9.17, 15) is 4.79 Å². The number of nitrogens with zero attached hydrogens (tertiary/aromatic N) is 3. The monoisotopic (exact) mass is 325 g/mol. The Labute approximate surface area is 122 Å². The fourth-order valence-electron chi connectivity index (χ4n) is 2.55. The van der Waals surface area contributed by atoms with Crippen LogP contribution in [-0.2, 0) is 0 Å². The number of likely N-dealkylation sites (tertiary alicyclic amines) is 1. The lowest BCUT2D eigenvalue weighted by Gasteiger charge is -2.33. The highest BCUT2D eigenvalue weighted by molar-refractivity contribution is 9.10. The average molecular weight is 326 g/mol. The highest BCUT2D eigenvalue weighted by atomic mass is 79.9. The van der Waals surface area contributed by atoms with Crippen molar-refractivity contribution in [3.05, 3.63) is 28.5 Å². The maximum absolute atomic E-state index is 12.4. The van der Waals surface area contributed by atoms with E-state index in [1.165, 1.54) is 0 Å². The first kappa shape index (κ1) is 14.5. The lowest BCUT2D eigenvalue weighted by molar-refractivity contribution is 0.0676. The Balaban J connectivity index is 1.95. The van der Waals surface area contributed by atoms with Gasteiger partial charge in [0, 0.05) is 25.8 Å². The van der Waals surface area contributed by atoms with Crippen LogP contribution in [0.1, 0.15) is 23.2 Å². The number of amides is 1. The van der Waals surface area contributed by atoms with Gasteiger partial charge >= 0.3 is 0 Å². The van der Waals surface area contributed by atoms with E-state index < -0.39 is 0 Å². The van der Waals surface area contributed by atoms with Crippen LogP contribution in [0.3, 0.4) is 0 Å². The third kappa shape index (κ3) is 3.76. The maximum atomic E-state index is 12.4. The van der Waals surface area contributed by atoms with E-state index in [2.05, 4.69) is 39.9 Å². The molecule has 0 radical (unpaired) electrons. The molecule has 1 fully saturated rings. The van der Waals surface area contributed by atoms with Gasteiger partial charge in [0.05, 0.1) is 5.56 Å². The molecule has 1 aromatic rings. The second-order valence-electron chi connectivity index (χ2n) is 5.34. The molecule has 104 valence electrons. The number of pyridine rings is 1. The first-order valence-corrected chi connectivity index (χ1v) is 7.41. The van der Waals surface area contributed by atoms with E-state index in [0.717, 1.165) is 32.5 Å². The van der Waals surface area contributed by atoms with Gasteiger partial charge < -0.3 is 9.80 Å². The highest BCUT2D eigenvalue weighted by Crippen LogP contribution is 2.21. The normalized spacial score (nSPS) is 16.9. The van der Waals surface area contributed by atoms with Crippen LogP contribution in [0.4, 0.5) is 0 Å². The van der Waals surface area contributed by atoms with Crippen LogP contribution in [0.2, 0.25) is 0 Å². The molecule has 0 atom stereocenters. The summed E-state index contributed by atoms with van der Waals surface area (Å²) >= 11 is 3.34. The van der Waals surface area contributed by atoms with Crippen molar-refractivity contribution in [3.63, 3.8) is 0 Å². The summed E-state index contributed by atoms with van der Waals surface area (Å²) in [7, 11) is 4.20. The van der Waals surface area contributed by atoms with Gasteiger partial charge in [-0.25, -0.2) is 4.98 Å². The predicted molar refractivity (Wildman–Crippen MR) is 79.1 cm³/mol. The molecule has 0 bridgehead atoms. The van der Waals surface area contributed by atoms with E-state index in [4.69, 9.17) is 0 Å². The zero-order valence-corrected chi connectivity index (χ0v) is 13.1. The molecule has 1 aliphatic heterocycles. The zero-order chi connectivity index (χ0) is 13.8. The predicted octanol–water partition coefficient (Wildman–Crippen LogP) is 2.26. The molecule has 1 amide bonds. The van der Waals surface area contributed by atoms with Crippen LogP contribution in [0.25, 0.3) is 0 Å². The molecular formula is C14H20BrN3O. The quantitative estimate of drug-likeness (QED) is 0.800. The van der Waals surface area contributed by atoms with Crippen molar-refractivity contribution in [2.45, 2.75) is 12.8 Å². The number of carbonyl (C=O) groups excluding carboxylic acids is 1. The van der Waals surface area contributed by atoms with Crippen molar-refractivity contribution in [3.8, 4) is 0 Å². The first-order chi connectivity index (χ1) is 9.08. The van der Waals surface area contributed by atoms with Gasteiger partial charge in [0.1, 0.15) is 4.60 Å². The Bertz CT molecular complexity index is 442. The van der Waals surface area contributed by atoms with Gasteiger partial charge in [0.2, 0.25) is 0 Å². The Morgan fingerprint density at radius 2 is 2.16 bits per heavy atom. The van der Waals surface area contributed by atoms with E-state index >= 15 is 0 Å². The van der Waals surface area contributed by atoms with Crippen molar-refractivity contribution in [2.75, 3.05) is 33.7 Å². The summed E-state index contributed by atoms with van der Waals surface area (Å²) in [6.07, 6.45) is 3.85. The molecule has 5 heteroatoms. The first-order valence-electron chi connectivity index (χ1n) is 6.62. The molecule has 0 spiro atoms. The van der Waals surface area contributed by atoms with Crippen molar-refractivity contribution < 1.29 is 4.79 Å². The Kier molecular flexibility index (Phi) is 4.93. The number of halogens is 1. The van der Waals surface area contributed by atoms with Gasteiger partial charge in [-0.3, -0.25) is 4.79 Å². The molecule has 0 N–H and O–H groups in total. The van der Waals surface area contributed by atoms with E-state index in [1.807, 2.05) is 11.0 Å². The summed E-state index contributed by atoms with van der Waals surface area (Å²) in [6, 6.07) is 3.63. The third-order valence-corrected chi connectivity index (χ3v) is 4.15. The van der Waals surface area contributed by atoms with Crippen LogP contribution in [0.15, 0.2) is 22.9 Å². The van der Waals surface area contributed by atoms with Crippen molar-refractivity contribution in [2.24, 2.45) is 5.92 Å². The lowest BCUT2D eigenvalue weighted by atomic mass is 9.96. The molecule has 0 unspecified atom stereocenters. The van der Waals surface area contributed by atoms with Gasteiger partial charge in [-0.05, 0) is 60.9 Å². The number of hydrogen-bond donors (Lipinski definition) is 0. The van der Waals surface area contributed by atoms with Crippen molar-refractivity contribution >= 4 is 21.8 Å². The number of rotatable bonds is 3. The number of piperidine rings is 1. The fraction of sp³-hybridized carbons (Fsp3) is 0.571. The summed E-state index contributed by atoms with van der Waals surface area (Å²) < 4.78 is 0.635. The molecule has 4 nitrogen and oxygen atoms in total. The number of carbonyl (C=O) groups is 1. The molecular weight excluding hydrogens is 306 g/mol. The number of hydrogen-bond acceptors (Lipinski definition) is 3. The van der Waals surface area contributed by atoms with Crippen molar-refractivity contribution in [1.29, 1.82) is 0 Å². The topological polar surface area (TPSA) is 36.4 Å². The standard InChI is InChI=1S/C14H20BrN3O/c1-17(2)10-11-5-8-18(9-6-11)14(19)12-4-3-7-16-13(12)15/h3-4,7,11H,5-6,8-10H2,1-2H3. The van der Waals surface area contributed by atoms with E-state index in [1.54, 1.807) is 12.3 Å². The van der Waals surface area contributed by atoms with E-state index in [-0.39, 0.29) is 5.91 Å². The third-order valence-electron chi connectivity index (χ3n) is 3.51. The van der Waals surface area contributed by atoms with Gasteiger partial charge in [0.15, 0.2) is 0 Å². The number of aromatic nitrogens is 1. The maximum Gasteiger partial charge on any atom is 0.256 e. The molecule has 2 heterocycles. The Morgan fingerprint density at radius 3 is 2.74 bits per heavy atom. The molecule has 2 rings (SSSR count).